The second kappa shape index (κ2) is 7.68. The summed E-state index contributed by atoms with van der Waals surface area (Å²) in [5, 5.41) is 3.56. The third-order valence-corrected chi connectivity index (χ3v) is 4.65. The number of piperazine rings is 1. The van der Waals surface area contributed by atoms with Crippen LogP contribution in [0.4, 0.5) is 5.82 Å². The Hall–Kier alpha value is -1.37. The molecule has 1 N–H and O–H groups in total. The highest BCUT2D eigenvalue weighted by Crippen LogP contribution is 2.18. The van der Waals surface area contributed by atoms with Crippen molar-refractivity contribution in [1.29, 1.82) is 0 Å². The molecule has 1 unspecified atom stereocenters. The molecule has 1 aromatic rings. The van der Waals surface area contributed by atoms with Gasteiger partial charge in [-0.1, -0.05) is 6.07 Å². The summed E-state index contributed by atoms with van der Waals surface area (Å²) in [5.41, 5.74) is 0.104. The van der Waals surface area contributed by atoms with E-state index in [4.69, 9.17) is 9.47 Å². The zero-order valence-electron chi connectivity index (χ0n) is 15.1. The van der Waals surface area contributed by atoms with Crippen molar-refractivity contribution in [3.05, 3.63) is 18.2 Å². The molecule has 6 nitrogen and oxygen atoms in total. The van der Waals surface area contributed by atoms with Gasteiger partial charge in [-0.2, -0.15) is 4.98 Å². The smallest absolute Gasteiger partial charge is 0.215 e. The molecule has 0 bridgehead atoms. The summed E-state index contributed by atoms with van der Waals surface area (Å²) in [7, 11) is 0. The van der Waals surface area contributed by atoms with Crippen molar-refractivity contribution >= 4 is 5.82 Å². The maximum atomic E-state index is 6.00. The number of rotatable bonds is 5. The fraction of sp³-hybridized carbons (Fsp3) is 0.722. The van der Waals surface area contributed by atoms with E-state index < -0.39 is 0 Å². The van der Waals surface area contributed by atoms with Crippen molar-refractivity contribution in [3.63, 3.8) is 0 Å². The molecule has 0 aliphatic carbocycles. The van der Waals surface area contributed by atoms with E-state index in [0.717, 1.165) is 51.7 Å². The van der Waals surface area contributed by atoms with Crippen molar-refractivity contribution in [2.75, 3.05) is 57.4 Å². The highest BCUT2D eigenvalue weighted by atomic mass is 16.5. The molecule has 6 heteroatoms. The Bertz CT molecular complexity index is 520. The SMILES string of the molecule is CCOc1cccc(N2CCN(CC3CNC(C)(C)CO3)CC2)n1. The van der Waals surface area contributed by atoms with Crippen LogP contribution in [-0.2, 0) is 4.74 Å². The van der Waals surface area contributed by atoms with Gasteiger partial charge in [-0.25, -0.2) is 0 Å². The number of morpholine rings is 1. The maximum Gasteiger partial charge on any atom is 0.215 e. The Morgan fingerprint density at radius 3 is 2.75 bits per heavy atom. The van der Waals surface area contributed by atoms with Gasteiger partial charge in [-0.15, -0.1) is 0 Å². The van der Waals surface area contributed by atoms with Crippen LogP contribution in [0.2, 0.25) is 0 Å². The summed E-state index contributed by atoms with van der Waals surface area (Å²) < 4.78 is 11.5. The number of pyridine rings is 1. The molecule has 2 aliphatic rings. The molecule has 2 saturated heterocycles. The van der Waals surface area contributed by atoms with E-state index in [2.05, 4.69) is 40.0 Å². The average molecular weight is 334 g/mol. The van der Waals surface area contributed by atoms with Crippen LogP contribution in [-0.4, -0.2) is 74.0 Å². The molecule has 2 aliphatic heterocycles. The molecule has 0 saturated carbocycles. The predicted molar refractivity (Wildman–Crippen MR) is 95.9 cm³/mol. The summed E-state index contributed by atoms with van der Waals surface area (Å²) in [6.07, 6.45) is 0.295. The summed E-state index contributed by atoms with van der Waals surface area (Å²) >= 11 is 0. The topological polar surface area (TPSA) is 49.9 Å². The van der Waals surface area contributed by atoms with Gasteiger partial charge in [0.1, 0.15) is 5.82 Å². The minimum Gasteiger partial charge on any atom is -0.478 e. The number of anilines is 1. The number of hydrogen-bond donors (Lipinski definition) is 1. The molecular formula is C18H30N4O2. The van der Waals surface area contributed by atoms with Crippen molar-refractivity contribution in [2.45, 2.75) is 32.4 Å². The molecule has 3 rings (SSSR count). The van der Waals surface area contributed by atoms with Crippen LogP contribution in [0, 0.1) is 0 Å². The fourth-order valence-corrected chi connectivity index (χ4v) is 3.20. The lowest BCUT2D eigenvalue weighted by Gasteiger charge is -2.40. The normalized spacial score (nSPS) is 24.8. The molecule has 0 aromatic carbocycles. The third kappa shape index (κ3) is 4.59. The third-order valence-electron chi connectivity index (χ3n) is 4.65. The van der Waals surface area contributed by atoms with E-state index in [1.807, 2.05) is 19.1 Å². The first kappa shape index (κ1) is 17.5. The van der Waals surface area contributed by atoms with Crippen LogP contribution in [0.3, 0.4) is 0 Å². The van der Waals surface area contributed by atoms with E-state index in [1.54, 1.807) is 0 Å². The van der Waals surface area contributed by atoms with Crippen LogP contribution in [0.25, 0.3) is 0 Å². The summed E-state index contributed by atoms with van der Waals surface area (Å²) in [6.45, 7) is 13.8. The molecule has 2 fully saturated rings. The first-order valence-electron chi connectivity index (χ1n) is 8.99. The molecule has 0 radical (unpaired) electrons. The van der Waals surface area contributed by atoms with Crippen molar-refractivity contribution < 1.29 is 9.47 Å². The number of aromatic nitrogens is 1. The van der Waals surface area contributed by atoms with Gasteiger partial charge in [0.05, 0.1) is 19.3 Å². The summed E-state index contributed by atoms with van der Waals surface area (Å²) in [4.78, 5) is 9.42. The van der Waals surface area contributed by atoms with Crippen LogP contribution in [0.5, 0.6) is 5.88 Å². The van der Waals surface area contributed by atoms with Crippen LogP contribution in [0.1, 0.15) is 20.8 Å². The lowest BCUT2D eigenvalue weighted by molar-refractivity contribution is -0.0372. The zero-order chi connectivity index (χ0) is 17.0. The largest absolute Gasteiger partial charge is 0.478 e. The van der Waals surface area contributed by atoms with Crippen LogP contribution < -0.4 is 15.0 Å². The Kier molecular flexibility index (Phi) is 5.58. The lowest BCUT2D eigenvalue weighted by atomic mass is 10.0. The Morgan fingerprint density at radius 2 is 2.08 bits per heavy atom. The first-order valence-corrected chi connectivity index (χ1v) is 8.99. The molecule has 24 heavy (non-hydrogen) atoms. The van der Waals surface area contributed by atoms with Gasteiger partial charge < -0.3 is 19.7 Å². The van der Waals surface area contributed by atoms with Gasteiger partial charge in [0.15, 0.2) is 0 Å². The quantitative estimate of drug-likeness (QED) is 0.878. The van der Waals surface area contributed by atoms with E-state index in [9.17, 15) is 0 Å². The molecule has 1 aromatic heterocycles. The van der Waals surface area contributed by atoms with E-state index in [-0.39, 0.29) is 5.54 Å². The number of ether oxygens (including phenoxy) is 2. The summed E-state index contributed by atoms with van der Waals surface area (Å²) in [5.74, 6) is 1.72. The zero-order valence-corrected chi connectivity index (χ0v) is 15.1. The van der Waals surface area contributed by atoms with Gasteiger partial charge in [0, 0.05) is 50.9 Å². The van der Waals surface area contributed by atoms with Gasteiger partial charge in [-0.3, -0.25) is 4.90 Å². The van der Waals surface area contributed by atoms with Crippen LogP contribution in [0.15, 0.2) is 18.2 Å². The first-order chi connectivity index (χ1) is 11.6. The number of hydrogen-bond acceptors (Lipinski definition) is 6. The second-order valence-electron chi connectivity index (χ2n) is 7.25. The fourth-order valence-electron chi connectivity index (χ4n) is 3.20. The monoisotopic (exact) mass is 334 g/mol. The minimum absolute atomic E-state index is 0.104. The van der Waals surface area contributed by atoms with Crippen molar-refractivity contribution in [1.82, 2.24) is 15.2 Å². The summed E-state index contributed by atoms with van der Waals surface area (Å²) in [6, 6.07) is 6.00. The minimum atomic E-state index is 0.104. The van der Waals surface area contributed by atoms with E-state index >= 15 is 0 Å². The predicted octanol–water partition coefficient (Wildman–Crippen LogP) is 1.37. The van der Waals surface area contributed by atoms with Gasteiger partial charge >= 0.3 is 0 Å². The maximum absolute atomic E-state index is 6.00. The van der Waals surface area contributed by atoms with Crippen molar-refractivity contribution in [3.8, 4) is 5.88 Å². The van der Waals surface area contributed by atoms with Crippen molar-refractivity contribution in [2.24, 2.45) is 0 Å². The molecule has 134 valence electrons. The molecule has 0 amide bonds. The molecule has 0 spiro atoms. The van der Waals surface area contributed by atoms with E-state index in [0.29, 0.717) is 18.6 Å². The Balaban J connectivity index is 1.47. The number of nitrogens with one attached hydrogen (secondary N) is 1. The molecule has 3 heterocycles. The lowest BCUT2D eigenvalue weighted by Crippen LogP contribution is -2.57. The highest BCUT2D eigenvalue weighted by Gasteiger charge is 2.29. The van der Waals surface area contributed by atoms with E-state index in [1.165, 1.54) is 0 Å². The Morgan fingerprint density at radius 1 is 1.29 bits per heavy atom. The average Bonchev–Trinajstić information content (AvgIpc) is 2.58. The van der Waals surface area contributed by atoms with Gasteiger partial charge in [0.25, 0.3) is 0 Å². The number of nitrogens with zero attached hydrogens (tertiary/aromatic N) is 3. The second-order valence-corrected chi connectivity index (χ2v) is 7.25. The van der Waals surface area contributed by atoms with Gasteiger partial charge in [0.2, 0.25) is 5.88 Å². The van der Waals surface area contributed by atoms with Crippen LogP contribution >= 0.6 is 0 Å². The molecular weight excluding hydrogens is 304 g/mol. The highest BCUT2D eigenvalue weighted by molar-refractivity contribution is 5.41. The molecule has 1 atom stereocenters. The Labute approximate surface area is 145 Å². The standard InChI is InChI=1S/C18H30N4O2/c1-4-23-17-7-5-6-16(20-17)22-10-8-21(9-11-22)13-15-12-19-18(2,3)14-24-15/h5-7,15,19H,4,8-14H2,1-3H3. The van der Waals surface area contributed by atoms with Gasteiger partial charge in [-0.05, 0) is 26.8 Å².